The third kappa shape index (κ3) is 5.58. The van der Waals surface area contributed by atoms with Crippen LogP contribution in [0.25, 0.3) is 32.7 Å². The molecule has 6 rings (SSSR count). The summed E-state index contributed by atoms with van der Waals surface area (Å²) < 4.78 is 11.2. The van der Waals surface area contributed by atoms with Gasteiger partial charge in [-0.2, -0.15) is 0 Å². The lowest BCUT2D eigenvalue weighted by Gasteiger charge is -2.27. The van der Waals surface area contributed by atoms with Crippen LogP contribution < -0.4 is 0 Å². The molecule has 0 bridgehead atoms. The highest BCUT2D eigenvalue weighted by Gasteiger charge is 2.35. The van der Waals surface area contributed by atoms with Crippen LogP contribution in [0.5, 0.6) is 34.5 Å². The van der Waals surface area contributed by atoms with Crippen molar-refractivity contribution in [2.24, 2.45) is 0 Å². The number of hydrogen-bond acceptors (Lipinski definition) is 11. The summed E-state index contributed by atoms with van der Waals surface area (Å²) in [5.41, 5.74) is 0.522. The van der Waals surface area contributed by atoms with E-state index in [-0.39, 0.29) is 56.6 Å². The van der Waals surface area contributed by atoms with E-state index in [1.807, 2.05) is 0 Å². The number of carbonyl (C=O) groups excluding carboxylic acids is 2. The fourth-order valence-electron chi connectivity index (χ4n) is 7.07. The molecule has 4 aromatic rings. The highest BCUT2D eigenvalue weighted by Crippen LogP contribution is 2.54. The third-order valence-electron chi connectivity index (χ3n) is 9.25. The van der Waals surface area contributed by atoms with E-state index in [2.05, 4.69) is 6.92 Å². The molecule has 0 saturated heterocycles. The second-order valence-corrected chi connectivity index (χ2v) is 12.7. The Morgan fingerprint density at radius 3 is 1.53 bits per heavy atom. The van der Waals surface area contributed by atoms with Gasteiger partial charge in [0.05, 0.1) is 16.9 Å². The van der Waals surface area contributed by atoms with E-state index >= 15 is 0 Å². The van der Waals surface area contributed by atoms with Crippen molar-refractivity contribution in [1.29, 1.82) is 0 Å². The Kier molecular flexibility index (Phi) is 8.44. The number of aliphatic hydroxyl groups excluding tert-OH is 1. The Bertz CT molecular complexity index is 1930. The highest BCUT2D eigenvalue weighted by molar-refractivity contribution is 6.18. The van der Waals surface area contributed by atoms with Crippen LogP contribution in [0.3, 0.4) is 0 Å². The quantitative estimate of drug-likeness (QED) is 0.0810. The maximum atomic E-state index is 13.1. The van der Waals surface area contributed by atoms with Gasteiger partial charge in [0, 0.05) is 46.9 Å². The molecule has 47 heavy (non-hydrogen) atoms. The van der Waals surface area contributed by atoms with E-state index in [0.29, 0.717) is 36.8 Å². The molecule has 11 nitrogen and oxygen atoms in total. The Balaban J connectivity index is 1.57. The zero-order chi connectivity index (χ0) is 33.7. The van der Waals surface area contributed by atoms with E-state index in [1.165, 1.54) is 0 Å². The first-order valence-electron chi connectivity index (χ1n) is 16.0. The van der Waals surface area contributed by atoms with Crippen LogP contribution in [-0.4, -0.2) is 66.0 Å². The van der Waals surface area contributed by atoms with Gasteiger partial charge in [-0.15, -0.1) is 0 Å². The lowest BCUT2D eigenvalue weighted by atomic mass is 9.85. The minimum atomic E-state index is -0.781. The van der Waals surface area contributed by atoms with Gasteiger partial charge in [-0.3, -0.25) is 0 Å². The number of esters is 2. The maximum Gasteiger partial charge on any atom is 0.342 e. The minimum Gasteiger partial charge on any atom is -0.507 e. The summed E-state index contributed by atoms with van der Waals surface area (Å²) in [7, 11) is 0. The van der Waals surface area contributed by atoms with E-state index in [9.17, 15) is 45.3 Å². The van der Waals surface area contributed by atoms with Crippen molar-refractivity contribution in [2.75, 3.05) is 0 Å². The number of aromatic hydroxyl groups is 6. The van der Waals surface area contributed by atoms with Crippen LogP contribution in [0.2, 0.25) is 0 Å². The van der Waals surface area contributed by atoms with Crippen molar-refractivity contribution in [3.8, 4) is 45.6 Å². The summed E-state index contributed by atoms with van der Waals surface area (Å²) in [4.78, 5) is 26.1. The van der Waals surface area contributed by atoms with Gasteiger partial charge in [0.1, 0.15) is 57.8 Å². The molecule has 248 valence electrons. The minimum absolute atomic E-state index is 0.0360. The number of carbonyl (C=O) groups is 2. The molecule has 0 spiro atoms. The number of cyclic esters (lactones) is 2. The number of aliphatic hydroxyl groups is 1. The fraction of sp³-hybridized carbons (Fsp3) is 0.389. The first-order valence-corrected chi connectivity index (χ1v) is 16.0. The molecular formula is C36H38O11. The van der Waals surface area contributed by atoms with Gasteiger partial charge >= 0.3 is 11.9 Å². The number of rotatable bonds is 9. The van der Waals surface area contributed by atoms with Crippen molar-refractivity contribution < 1.29 is 54.8 Å². The molecule has 2 aliphatic rings. The third-order valence-corrected chi connectivity index (χ3v) is 9.25. The summed E-state index contributed by atoms with van der Waals surface area (Å²) in [6, 6.07) is 5.04. The van der Waals surface area contributed by atoms with E-state index in [1.54, 1.807) is 19.1 Å². The summed E-state index contributed by atoms with van der Waals surface area (Å²) in [5, 5.41) is 76.6. The molecule has 2 heterocycles. The molecule has 3 atom stereocenters. The lowest BCUT2D eigenvalue weighted by molar-refractivity contribution is 0.0213. The van der Waals surface area contributed by atoms with Crippen molar-refractivity contribution in [3.63, 3.8) is 0 Å². The molecule has 0 amide bonds. The molecule has 0 unspecified atom stereocenters. The summed E-state index contributed by atoms with van der Waals surface area (Å²) in [5.74, 6) is -4.65. The molecular weight excluding hydrogens is 608 g/mol. The van der Waals surface area contributed by atoms with Crippen molar-refractivity contribution in [3.05, 3.63) is 46.5 Å². The van der Waals surface area contributed by atoms with Crippen molar-refractivity contribution in [1.82, 2.24) is 0 Å². The molecule has 7 N–H and O–H groups in total. The maximum absolute atomic E-state index is 13.1. The molecule has 0 aromatic heterocycles. The molecule has 4 aromatic carbocycles. The van der Waals surface area contributed by atoms with E-state index < -0.39 is 64.7 Å². The molecule has 2 aliphatic heterocycles. The average molecular weight is 647 g/mol. The van der Waals surface area contributed by atoms with Gasteiger partial charge < -0.3 is 45.2 Å². The summed E-state index contributed by atoms with van der Waals surface area (Å²) >= 11 is 0. The predicted octanol–water partition coefficient (Wildman–Crippen LogP) is 6.19. The highest BCUT2D eigenvalue weighted by atomic mass is 16.5. The van der Waals surface area contributed by atoms with Crippen molar-refractivity contribution >= 4 is 33.5 Å². The van der Waals surface area contributed by atoms with Crippen molar-refractivity contribution in [2.45, 2.75) is 89.9 Å². The Morgan fingerprint density at radius 2 is 1.11 bits per heavy atom. The molecule has 0 fully saturated rings. The number of ether oxygens (including phenoxy) is 2. The average Bonchev–Trinajstić information content (AvgIpc) is 2.97. The molecule has 0 aliphatic carbocycles. The standard InChI is InChI=1S/C36H38O11/c1-3-4-5-8-19-10-17-12-21-29(23(38)14-25(40)31(21)33(42)27(17)35(44)46-19)30-22-13-18-11-20(9-6-7-16(2)37)47-36(45)28(18)34(43)32(22)26(41)15-24(30)39/h12-16,19-20,37-43H,3-11H2,1-2H3/t16-,19-,20-/m1/s1. The number of benzene rings is 4. The largest absolute Gasteiger partial charge is 0.507 e. The Labute approximate surface area is 270 Å². The van der Waals surface area contributed by atoms with Gasteiger partial charge in [0.15, 0.2) is 0 Å². The number of unbranched alkanes of at least 4 members (excludes halogenated alkanes) is 2. The first-order chi connectivity index (χ1) is 22.4. The SMILES string of the molecule is CCCCC[C@@H]1Cc2cc3c(-c4c(O)cc(O)c5c(O)c6c(cc45)C[C@@H](CCC[C@@H](C)O)OC6=O)c(O)cc(O)c3c(O)c2C(=O)O1. The Hall–Kier alpha value is -4.90. The lowest BCUT2D eigenvalue weighted by Crippen LogP contribution is -2.28. The number of phenols is 6. The van der Waals surface area contributed by atoms with Gasteiger partial charge in [-0.05, 0) is 62.3 Å². The zero-order valence-electron chi connectivity index (χ0n) is 26.2. The van der Waals surface area contributed by atoms with Crippen LogP contribution in [0.1, 0.15) is 90.6 Å². The fourth-order valence-corrected chi connectivity index (χ4v) is 7.07. The van der Waals surface area contributed by atoms with Crippen LogP contribution in [0, 0.1) is 0 Å². The number of hydrogen-bond donors (Lipinski definition) is 7. The summed E-state index contributed by atoms with van der Waals surface area (Å²) in [6.07, 6.45) is 3.95. The normalized spacial score (nSPS) is 18.1. The van der Waals surface area contributed by atoms with Gasteiger partial charge in [0.2, 0.25) is 0 Å². The monoisotopic (exact) mass is 646 g/mol. The first kappa shape index (κ1) is 32.1. The van der Waals surface area contributed by atoms with Gasteiger partial charge in [-0.1, -0.05) is 19.8 Å². The number of phenolic OH excluding ortho intramolecular Hbond substituents is 6. The molecule has 0 radical (unpaired) electrons. The topological polar surface area (TPSA) is 194 Å². The molecule has 11 heteroatoms. The van der Waals surface area contributed by atoms with Crippen LogP contribution in [-0.2, 0) is 22.3 Å². The van der Waals surface area contributed by atoms with Crippen LogP contribution in [0.15, 0.2) is 24.3 Å². The summed E-state index contributed by atoms with van der Waals surface area (Å²) in [6.45, 7) is 3.73. The van der Waals surface area contributed by atoms with Gasteiger partial charge in [-0.25, -0.2) is 9.59 Å². The Morgan fingerprint density at radius 1 is 0.660 bits per heavy atom. The van der Waals surface area contributed by atoms with E-state index in [0.717, 1.165) is 31.4 Å². The second kappa shape index (κ2) is 12.4. The van der Waals surface area contributed by atoms with Crippen LogP contribution in [0.4, 0.5) is 0 Å². The van der Waals surface area contributed by atoms with Crippen LogP contribution >= 0.6 is 0 Å². The van der Waals surface area contributed by atoms with Gasteiger partial charge in [0.25, 0.3) is 0 Å². The molecule has 0 saturated carbocycles. The second-order valence-electron chi connectivity index (χ2n) is 12.7. The predicted molar refractivity (Wildman–Crippen MR) is 172 cm³/mol. The van der Waals surface area contributed by atoms with E-state index in [4.69, 9.17) is 9.47 Å². The zero-order valence-corrected chi connectivity index (χ0v) is 26.2. The number of fused-ring (bicyclic) bond motifs is 4. The smallest absolute Gasteiger partial charge is 0.342 e.